The summed E-state index contributed by atoms with van der Waals surface area (Å²) < 4.78 is 40.4. The van der Waals surface area contributed by atoms with Gasteiger partial charge in [-0.25, -0.2) is 22.8 Å². The van der Waals surface area contributed by atoms with E-state index >= 15 is 0 Å². The fraction of sp³-hybridized carbons (Fsp3) is 0.211. The minimum Gasteiger partial charge on any atom is -0.382 e. The lowest BCUT2D eigenvalue weighted by molar-refractivity contribution is 0.475. The van der Waals surface area contributed by atoms with E-state index in [2.05, 4.69) is 15.0 Å². The summed E-state index contributed by atoms with van der Waals surface area (Å²) in [6.07, 6.45) is 6.38. The zero-order chi connectivity index (χ0) is 19.0. The van der Waals surface area contributed by atoms with Crippen LogP contribution in [0, 0.1) is 5.82 Å². The van der Waals surface area contributed by atoms with Gasteiger partial charge >= 0.3 is 0 Å². The molecule has 2 heterocycles. The standard InChI is InChI=1S/C19H17FN4O2S.ClH/c20-16-9-12(6-7-15(16)17-10-24-18(21)11-23-17)14-5-2-8-22-19(14)27(25,26)13-3-1-4-13;/h2,5-11,13H,1,3-4H2,(H2,21,24);1H. The Bertz CT molecular complexity index is 1100. The van der Waals surface area contributed by atoms with Gasteiger partial charge in [0.25, 0.3) is 0 Å². The molecule has 2 aromatic heterocycles. The SMILES string of the molecule is Cl.Nc1cnc(-c2ccc(-c3cccnc3S(=O)(=O)C3CCC3)cc2F)cn1. The van der Waals surface area contributed by atoms with Crippen LogP contribution in [0.25, 0.3) is 22.4 Å². The molecule has 9 heteroatoms. The van der Waals surface area contributed by atoms with E-state index in [-0.39, 0.29) is 28.8 Å². The van der Waals surface area contributed by atoms with Gasteiger partial charge in [-0.1, -0.05) is 12.5 Å². The lowest BCUT2D eigenvalue weighted by Crippen LogP contribution is -2.29. The molecule has 146 valence electrons. The number of aromatic nitrogens is 3. The molecular weight excluding hydrogens is 403 g/mol. The summed E-state index contributed by atoms with van der Waals surface area (Å²) in [7, 11) is -3.53. The summed E-state index contributed by atoms with van der Waals surface area (Å²) in [6.45, 7) is 0. The van der Waals surface area contributed by atoms with Crippen LogP contribution in [0.2, 0.25) is 0 Å². The first kappa shape index (κ1) is 20.2. The van der Waals surface area contributed by atoms with Crippen molar-refractivity contribution in [3.8, 4) is 22.4 Å². The third kappa shape index (κ3) is 3.57. The fourth-order valence-electron chi connectivity index (χ4n) is 3.04. The Hall–Kier alpha value is -2.58. The Kier molecular flexibility index (Phi) is 5.62. The smallest absolute Gasteiger partial charge is 0.199 e. The molecule has 1 saturated carbocycles. The first-order valence-corrected chi connectivity index (χ1v) is 10.1. The molecule has 4 rings (SSSR count). The van der Waals surface area contributed by atoms with E-state index in [4.69, 9.17) is 5.73 Å². The predicted molar refractivity (Wildman–Crippen MR) is 107 cm³/mol. The molecule has 2 N–H and O–H groups in total. The number of nitrogen functional groups attached to an aromatic ring is 1. The topological polar surface area (TPSA) is 98.8 Å². The van der Waals surface area contributed by atoms with Crippen LogP contribution in [-0.2, 0) is 9.84 Å². The molecule has 0 unspecified atom stereocenters. The van der Waals surface area contributed by atoms with Crippen LogP contribution in [0.4, 0.5) is 10.2 Å². The molecule has 0 amide bonds. The maximum absolute atomic E-state index is 14.7. The van der Waals surface area contributed by atoms with Crippen LogP contribution in [0.3, 0.4) is 0 Å². The molecule has 6 nitrogen and oxygen atoms in total. The molecule has 3 aromatic rings. The summed E-state index contributed by atoms with van der Waals surface area (Å²) >= 11 is 0. The molecule has 1 aromatic carbocycles. The Labute approximate surface area is 168 Å². The first-order valence-electron chi connectivity index (χ1n) is 8.53. The number of hydrogen-bond acceptors (Lipinski definition) is 6. The highest BCUT2D eigenvalue weighted by atomic mass is 35.5. The van der Waals surface area contributed by atoms with E-state index in [1.54, 1.807) is 24.3 Å². The molecular formula is C19H18ClFN4O2S. The quantitative estimate of drug-likeness (QED) is 0.691. The van der Waals surface area contributed by atoms with Gasteiger partial charge in [-0.2, -0.15) is 0 Å². The number of sulfone groups is 1. The van der Waals surface area contributed by atoms with Gasteiger partial charge in [0.05, 0.1) is 23.3 Å². The van der Waals surface area contributed by atoms with E-state index in [0.717, 1.165) is 6.42 Å². The van der Waals surface area contributed by atoms with Gasteiger partial charge in [0.1, 0.15) is 11.6 Å². The van der Waals surface area contributed by atoms with Gasteiger partial charge in [0, 0.05) is 17.3 Å². The summed E-state index contributed by atoms with van der Waals surface area (Å²) in [5, 5.41) is -0.394. The van der Waals surface area contributed by atoms with Gasteiger partial charge in [-0.15, -0.1) is 12.4 Å². The second-order valence-corrected chi connectivity index (χ2v) is 8.62. The van der Waals surface area contributed by atoms with Crippen molar-refractivity contribution in [3.05, 3.63) is 54.7 Å². The van der Waals surface area contributed by atoms with E-state index < -0.39 is 20.9 Å². The molecule has 0 saturated heterocycles. The number of nitrogens with zero attached hydrogens (tertiary/aromatic N) is 3. The highest BCUT2D eigenvalue weighted by Gasteiger charge is 2.35. The number of rotatable bonds is 4. The zero-order valence-electron chi connectivity index (χ0n) is 14.7. The number of hydrogen-bond donors (Lipinski definition) is 1. The van der Waals surface area contributed by atoms with Gasteiger partial charge in [0.2, 0.25) is 0 Å². The molecule has 0 atom stereocenters. The molecule has 0 aliphatic heterocycles. The lowest BCUT2D eigenvalue weighted by Gasteiger charge is -2.25. The van der Waals surface area contributed by atoms with Crippen LogP contribution in [0.15, 0.2) is 53.9 Å². The number of benzene rings is 1. The van der Waals surface area contributed by atoms with E-state index in [1.165, 1.54) is 24.7 Å². The van der Waals surface area contributed by atoms with Gasteiger partial charge < -0.3 is 5.73 Å². The third-order valence-electron chi connectivity index (χ3n) is 4.76. The van der Waals surface area contributed by atoms with E-state index in [1.807, 2.05) is 0 Å². The van der Waals surface area contributed by atoms with Crippen LogP contribution in [0.1, 0.15) is 19.3 Å². The van der Waals surface area contributed by atoms with Crippen molar-refractivity contribution in [2.24, 2.45) is 0 Å². The number of halogens is 2. The maximum Gasteiger partial charge on any atom is 0.199 e. The van der Waals surface area contributed by atoms with Gasteiger partial charge in [0.15, 0.2) is 14.9 Å². The summed E-state index contributed by atoms with van der Waals surface area (Å²) in [5.41, 5.74) is 6.97. The third-order valence-corrected chi connectivity index (χ3v) is 6.97. The Morgan fingerprint density at radius 2 is 1.82 bits per heavy atom. The average Bonchev–Trinajstić information content (AvgIpc) is 2.61. The van der Waals surface area contributed by atoms with E-state index in [9.17, 15) is 12.8 Å². The monoisotopic (exact) mass is 420 g/mol. The molecule has 28 heavy (non-hydrogen) atoms. The highest BCUT2D eigenvalue weighted by molar-refractivity contribution is 7.92. The van der Waals surface area contributed by atoms with E-state index in [0.29, 0.717) is 29.7 Å². The Morgan fingerprint density at radius 1 is 1.04 bits per heavy atom. The van der Waals surface area contributed by atoms with Crippen LogP contribution in [0.5, 0.6) is 0 Å². The number of pyridine rings is 1. The van der Waals surface area contributed by atoms with Crippen molar-refractivity contribution in [2.75, 3.05) is 5.73 Å². The first-order chi connectivity index (χ1) is 13.0. The van der Waals surface area contributed by atoms with Crippen molar-refractivity contribution < 1.29 is 12.8 Å². The van der Waals surface area contributed by atoms with Crippen LogP contribution < -0.4 is 5.73 Å². The van der Waals surface area contributed by atoms with Crippen LogP contribution >= 0.6 is 12.4 Å². The summed E-state index contributed by atoms with van der Waals surface area (Å²) in [5.74, 6) is -0.278. The second-order valence-electron chi connectivity index (χ2n) is 6.48. The normalized spacial score (nSPS) is 14.2. The second kappa shape index (κ2) is 7.81. The lowest BCUT2D eigenvalue weighted by atomic mass is 10.00. The summed E-state index contributed by atoms with van der Waals surface area (Å²) in [6, 6.07) is 7.80. The van der Waals surface area contributed by atoms with Gasteiger partial charge in [-0.3, -0.25) is 4.98 Å². The Balaban J connectivity index is 0.00000225. The molecule has 1 aliphatic carbocycles. The van der Waals surface area contributed by atoms with Crippen molar-refractivity contribution in [3.63, 3.8) is 0 Å². The molecule has 1 fully saturated rings. The predicted octanol–water partition coefficient (Wildman–Crippen LogP) is 3.67. The van der Waals surface area contributed by atoms with Crippen molar-refractivity contribution in [2.45, 2.75) is 29.5 Å². The number of nitrogens with two attached hydrogens (primary N) is 1. The minimum atomic E-state index is -3.53. The van der Waals surface area contributed by atoms with Crippen LogP contribution in [-0.4, -0.2) is 28.6 Å². The fourth-order valence-corrected chi connectivity index (χ4v) is 5.01. The highest BCUT2D eigenvalue weighted by Crippen LogP contribution is 2.35. The minimum absolute atomic E-state index is 0. The maximum atomic E-state index is 14.7. The van der Waals surface area contributed by atoms with Crippen molar-refractivity contribution in [1.29, 1.82) is 0 Å². The van der Waals surface area contributed by atoms with Crippen molar-refractivity contribution in [1.82, 2.24) is 15.0 Å². The summed E-state index contributed by atoms with van der Waals surface area (Å²) in [4.78, 5) is 12.1. The Morgan fingerprint density at radius 3 is 2.43 bits per heavy atom. The van der Waals surface area contributed by atoms with Gasteiger partial charge in [-0.05, 0) is 42.7 Å². The number of anilines is 1. The largest absolute Gasteiger partial charge is 0.382 e. The molecule has 0 bridgehead atoms. The van der Waals surface area contributed by atoms with Crippen molar-refractivity contribution >= 4 is 28.1 Å². The average molecular weight is 421 g/mol. The molecule has 0 spiro atoms. The zero-order valence-corrected chi connectivity index (χ0v) is 16.4. The molecule has 0 radical (unpaired) electrons. The molecule has 1 aliphatic rings.